The van der Waals surface area contributed by atoms with E-state index in [1.54, 1.807) is 24.8 Å². The van der Waals surface area contributed by atoms with Gasteiger partial charge in [0.25, 0.3) is 5.56 Å². The molecule has 0 bridgehead atoms. The molecule has 3 N–H and O–H groups in total. The van der Waals surface area contributed by atoms with Crippen molar-refractivity contribution in [1.29, 1.82) is 0 Å². The number of pyridine rings is 1. The molecule has 40 heavy (non-hydrogen) atoms. The summed E-state index contributed by atoms with van der Waals surface area (Å²) in [6.45, 7) is 13.2. The van der Waals surface area contributed by atoms with Gasteiger partial charge in [-0.1, -0.05) is 36.4 Å². The molecule has 214 valence electrons. The first-order valence-corrected chi connectivity index (χ1v) is 13.3. The largest absolute Gasteiger partial charge is 0.497 e. The van der Waals surface area contributed by atoms with Crippen LogP contribution >= 0.6 is 0 Å². The maximum Gasteiger partial charge on any atom is 0.316 e. The van der Waals surface area contributed by atoms with Crippen LogP contribution in [0, 0.1) is 13.8 Å². The molecule has 8 heteroatoms. The molecule has 8 nitrogen and oxygen atoms in total. The van der Waals surface area contributed by atoms with Gasteiger partial charge in [-0.05, 0) is 94.8 Å². The number of methoxy groups -OCH3 is 1. The summed E-state index contributed by atoms with van der Waals surface area (Å²) in [7, 11) is 1.60. The summed E-state index contributed by atoms with van der Waals surface area (Å²) in [6.07, 6.45) is 2.06. The van der Waals surface area contributed by atoms with Crippen LogP contribution in [-0.2, 0) is 32.7 Å². The maximum atomic E-state index is 13.3. The molecule has 1 aromatic heterocycles. The average molecular weight is 548 g/mol. The number of carbonyl (C=O) groups excluding carboxylic acids is 2. The standard InChI is InChI=1S/C32H41N3O5/c1-20-18-35(19-23-11-15-25(39-8)16-12-23)29(37)27(21(20)2)34-28(36)26(33)17-22-9-13-24(14-10-22)32(6,7)30(38)40-31(3,4)5/h9-16,18,26H,17,19,33H2,1-8H3,(H,34,36). The zero-order valence-electron chi connectivity index (χ0n) is 24.8. The van der Waals surface area contributed by atoms with Crippen LogP contribution in [-0.4, -0.2) is 35.2 Å². The third kappa shape index (κ3) is 7.39. The number of carbonyl (C=O) groups is 2. The van der Waals surface area contributed by atoms with E-state index in [9.17, 15) is 14.4 Å². The van der Waals surface area contributed by atoms with Crippen molar-refractivity contribution in [2.24, 2.45) is 5.73 Å². The fraction of sp³-hybridized carbons (Fsp3) is 0.406. The van der Waals surface area contributed by atoms with Crippen molar-refractivity contribution in [2.75, 3.05) is 12.4 Å². The fourth-order valence-electron chi connectivity index (χ4n) is 4.23. The summed E-state index contributed by atoms with van der Waals surface area (Å²) < 4.78 is 12.4. The Kier molecular flexibility index (Phi) is 9.25. The van der Waals surface area contributed by atoms with E-state index in [2.05, 4.69) is 5.32 Å². The summed E-state index contributed by atoms with van der Waals surface area (Å²) in [4.78, 5) is 39.1. The Morgan fingerprint density at radius 3 is 2.08 bits per heavy atom. The van der Waals surface area contributed by atoms with E-state index in [4.69, 9.17) is 15.2 Å². The normalized spacial score (nSPS) is 12.5. The third-order valence-electron chi connectivity index (χ3n) is 6.93. The van der Waals surface area contributed by atoms with Crippen LogP contribution in [0.5, 0.6) is 5.75 Å². The Morgan fingerprint density at radius 2 is 1.52 bits per heavy atom. The predicted octanol–water partition coefficient (Wildman–Crippen LogP) is 4.65. The van der Waals surface area contributed by atoms with Crippen LogP contribution in [0.25, 0.3) is 0 Å². The zero-order valence-corrected chi connectivity index (χ0v) is 24.8. The lowest BCUT2D eigenvalue weighted by atomic mass is 9.84. The molecule has 0 fully saturated rings. The zero-order chi connectivity index (χ0) is 29.8. The highest BCUT2D eigenvalue weighted by molar-refractivity contribution is 5.95. The van der Waals surface area contributed by atoms with Gasteiger partial charge in [-0.2, -0.15) is 0 Å². The minimum absolute atomic E-state index is 0.225. The quantitative estimate of drug-likeness (QED) is 0.377. The first-order chi connectivity index (χ1) is 18.6. The lowest BCUT2D eigenvalue weighted by molar-refractivity contribution is -0.160. The lowest BCUT2D eigenvalue weighted by Crippen LogP contribution is -2.39. The minimum atomic E-state index is -0.876. The molecule has 3 rings (SSSR count). The van der Waals surface area contributed by atoms with E-state index in [1.807, 2.05) is 90.1 Å². The van der Waals surface area contributed by atoms with E-state index >= 15 is 0 Å². The smallest absolute Gasteiger partial charge is 0.316 e. The molecule has 0 saturated carbocycles. The molecule has 0 saturated heterocycles. The van der Waals surface area contributed by atoms with Gasteiger partial charge in [0.05, 0.1) is 25.1 Å². The highest BCUT2D eigenvalue weighted by Crippen LogP contribution is 2.27. The van der Waals surface area contributed by atoms with Crippen LogP contribution in [0.15, 0.2) is 59.5 Å². The number of anilines is 1. The van der Waals surface area contributed by atoms with Crippen molar-refractivity contribution in [3.05, 3.63) is 92.9 Å². The Hall–Kier alpha value is -3.91. The average Bonchev–Trinajstić information content (AvgIpc) is 2.89. The number of ether oxygens (including phenoxy) is 2. The number of hydrogen-bond acceptors (Lipinski definition) is 6. The topological polar surface area (TPSA) is 113 Å². The van der Waals surface area contributed by atoms with Gasteiger partial charge in [0.15, 0.2) is 0 Å². The summed E-state index contributed by atoms with van der Waals surface area (Å²) >= 11 is 0. The Morgan fingerprint density at radius 1 is 0.950 bits per heavy atom. The minimum Gasteiger partial charge on any atom is -0.497 e. The number of rotatable bonds is 9. The van der Waals surface area contributed by atoms with Gasteiger partial charge in [0.1, 0.15) is 17.0 Å². The van der Waals surface area contributed by atoms with Crippen molar-refractivity contribution in [3.63, 3.8) is 0 Å². The number of aromatic nitrogens is 1. The fourth-order valence-corrected chi connectivity index (χ4v) is 4.23. The second kappa shape index (κ2) is 12.1. The molecule has 1 unspecified atom stereocenters. The van der Waals surface area contributed by atoms with Gasteiger partial charge < -0.3 is 25.1 Å². The maximum absolute atomic E-state index is 13.3. The molecule has 0 radical (unpaired) electrons. The molecule has 0 aliphatic carbocycles. The Balaban J connectivity index is 1.72. The number of nitrogens with two attached hydrogens (primary N) is 1. The summed E-state index contributed by atoms with van der Waals surface area (Å²) in [5.74, 6) is -0.0190. The molecule has 0 aliphatic rings. The van der Waals surface area contributed by atoms with Crippen molar-refractivity contribution < 1.29 is 19.1 Å². The number of nitrogens with zero attached hydrogens (tertiary/aromatic N) is 1. The highest BCUT2D eigenvalue weighted by atomic mass is 16.6. The van der Waals surface area contributed by atoms with Crippen molar-refractivity contribution in [2.45, 2.75) is 78.5 Å². The van der Waals surface area contributed by atoms with Crippen LogP contribution in [0.4, 0.5) is 5.69 Å². The number of hydrogen-bond donors (Lipinski definition) is 2. The number of aryl methyl sites for hydroxylation is 1. The molecule has 0 aliphatic heterocycles. The van der Waals surface area contributed by atoms with Crippen LogP contribution in [0.3, 0.4) is 0 Å². The van der Waals surface area contributed by atoms with Crippen LogP contribution in [0.1, 0.15) is 62.4 Å². The van der Waals surface area contributed by atoms with Crippen molar-refractivity contribution in [1.82, 2.24) is 4.57 Å². The molecular formula is C32H41N3O5. The summed E-state index contributed by atoms with van der Waals surface area (Å²) in [6, 6.07) is 14.0. The first kappa shape index (κ1) is 30.6. The first-order valence-electron chi connectivity index (χ1n) is 13.3. The number of nitrogens with one attached hydrogen (secondary N) is 1. The molecule has 1 heterocycles. The highest BCUT2D eigenvalue weighted by Gasteiger charge is 2.34. The van der Waals surface area contributed by atoms with Crippen molar-refractivity contribution >= 4 is 17.6 Å². The van der Waals surface area contributed by atoms with Crippen molar-refractivity contribution in [3.8, 4) is 5.75 Å². The van der Waals surface area contributed by atoms with E-state index in [0.29, 0.717) is 12.1 Å². The Bertz CT molecular complexity index is 1420. The number of amides is 1. The van der Waals surface area contributed by atoms with E-state index in [-0.39, 0.29) is 23.6 Å². The van der Waals surface area contributed by atoms with Gasteiger partial charge in [0, 0.05) is 6.20 Å². The van der Waals surface area contributed by atoms with Gasteiger partial charge in [0.2, 0.25) is 5.91 Å². The third-order valence-corrected chi connectivity index (χ3v) is 6.93. The predicted molar refractivity (Wildman–Crippen MR) is 158 cm³/mol. The van der Waals surface area contributed by atoms with Crippen LogP contribution < -0.4 is 21.3 Å². The van der Waals surface area contributed by atoms with Gasteiger partial charge in [-0.25, -0.2) is 0 Å². The van der Waals surface area contributed by atoms with E-state index < -0.39 is 23.0 Å². The van der Waals surface area contributed by atoms with E-state index in [1.165, 1.54) is 0 Å². The second-order valence-electron chi connectivity index (χ2n) is 11.7. The van der Waals surface area contributed by atoms with Gasteiger partial charge >= 0.3 is 5.97 Å². The summed E-state index contributed by atoms with van der Waals surface area (Å²) in [5, 5.41) is 2.78. The molecule has 2 aromatic carbocycles. The number of esters is 1. The number of benzene rings is 2. The van der Waals surface area contributed by atoms with Crippen LogP contribution in [0.2, 0.25) is 0 Å². The van der Waals surface area contributed by atoms with Gasteiger partial charge in [-0.3, -0.25) is 14.4 Å². The molecule has 0 spiro atoms. The second-order valence-corrected chi connectivity index (χ2v) is 11.7. The molecule has 1 amide bonds. The summed E-state index contributed by atoms with van der Waals surface area (Å²) in [5.41, 5.74) is 8.92. The lowest BCUT2D eigenvalue weighted by Gasteiger charge is -2.29. The molecular weight excluding hydrogens is 506 g/mol. The SMILES string of the molecule is COc1ccc(Cn2cc(C)c(C)c(NC(=O)C(N)Cc3ccc(C(C)(C)C(=O)OC(C)(C)C)cc3)c2=O)cc1. The van der Waals surface area contributed by atoms with Gasteiger partial charge in [-0.15, -0.1) is 0 Å². The molecule has 1 atom stereocenters. The monoisotopic (exact) mass is 547 g/mol. The van der Waals surface area contributed by atoms with E-state index in [0.717, 1.165) is 28.0 Å². The Labute approximate surface area is 236 Å². The molecule has 3 aromatic rings.